The van der Waals surface area contributed by atoms with Gasteiger partial charge in [0.2, 0.25) is 0 Å². The van der Waals surface area contributed by atoms with Crippen LogP contribution in [-0.4, -0.2) is 28.6 Å². The van der Waals surface area contributed by atoms with E-state index < -0.39 is 0 Å². The van der Waals surface area contributed by atoms with Crippen molar-refractivity contribution in [2.45, 2.75) is 0 Å². The van der Waals surface area contributed by atoms with E-state index in [-0.39, 0.29) is 5.78 Å². The van der Waals surface area contributed by atoms with Crippen molar-refractivity contribution in [3.8, 4) is 0 Å². The van der Waals surface area contributed by atoms with E-state index in [4.69, 9.17) is 0 Å². The second kappa shape index (κ2) is 6.32. The molecule has 0 N–H and O–H groups in total. The van der Waals surface area contributed by atoms with Crippen LogP contribution in [0.25, 0.3) is 0 Å². The monoisotopic (exact) mass is 362 g/mol. The molecule has 0 aromatic heterocycles. The van der Waals surface area contributed by atoms with Gasteiger partial charge in [0.25, 0.3) is 0 Å². The maximum Gasteiger partial charge on any atom is 0.187 e. The summed E-state index contributed by atoms with van der Waals surface area (Å²) in [5.41, 5.74) is 6.52. The molecule has 132 valence electrons. The fourth-order valence-electron chi connectivity index (χ4n) is 3.20. The van der Waals surface area contributed by atoms with Gasteiger partial charge in [0.15, 0.2) is 5.78 Å². The first-order chi connectivity index (χ1) is 13.7. The van der Waals surface area contributed by atoms with Gasteiger partial charge in [-0.25, -0.2) is 20.0 Å². The quantitative estimate of drug-likeness (QED) is 0.691. The van der Waals surface area contributed by atoms with Crippen LogP contribution < -0.4 is 0 Å². The normalized spacial score (nSPS) is 21.2. The van der Waals surface area contributed by atoms with E-state index in [1.54, 1.807) is 12.2 Å². The van der Waals surface area contributed by atoms with Gasteiger partial charge >= 0.3 is 0 Å². The zero-order valence-electron chi connectivity index (χ0n) is 14.8. The largest absolute Gasteiger partial charge is 0.289 e. The molecule has 28 heavy (non-hydrogen) atoms. The van der Waals surface area contributed by atoms with Gasteiger partial charge in [-0.15, -0.1) is 0 Å². The first kappa shape index (κ1) is 16.2. The molecule has 0 aromatic rings. The van der Waals surface area contributed by atoms with E-state index in [1.807, 2.05) is 54.7 Å². The predicted molar refractivity (Wildman–Crippen MR) is 113 cm³/mol. The van der Waals surface area contributed by atoms with Crippen molar-refractivity contribution < 1.29 is 4.79 Å². The minimum atomic E-state index is -0.174. The summed E-state index contributed by atoms with van der Waals surface area (Å²) < 4.78 is 0. The highest BCUT2D eigenvalue weighted by Gasteiger charge is 2.20. The van der Waals surface area contributed by atoms with Crippen LogP contribution in [0.3, 0.4) is 0 Å². The maximum absolute atomic E-state index is 12.3. The number of allylic oxidation sites excluding steroid dienone is 13. The van der Waals surface area contributed by atoms with Gasteiger partial charge in [0, 0.05) is 5.57 Å². The van der Waals surface area contributed by atoms with Gasteiger partial charge < -0.3 is 0 Å². The Hall–Kier alpha value is -3.99. The Labute approximate surface area is 161 Å². The third-order valence-electron chi connectivity index (χ3n) is 4.49. The number of hydrogen-bond acceptors (Lipinski definition) is 5. The van der Waals surface area contributed by atoms with E-state index in [0.29, 0.717) is 17.0 Å². The van der Waals surface area contributed by atoms with Crippen molar-refractivity contribution in [2.24, 2.45) is 20.0 Å². The molecule has 0 fully saturated rings. The molecule has 0 saturated heterocycles. The van der Waals surface area contributed by atoms with Crippen LogP contribution >= 0.6 is 0 Å². The van der Waals surface area contributed by atoms with Gasteiger partial charge in [-0.1, -0.05) is 6.58 Å². The van der Waals surface area contributed by atoms with Gasteiger partial charge in [-0.2, -0.15) is 0 Å². The van der Waals surface area contributed by atoms with E-state index in [1.165, 1.54) is 6.08 Å². The number of carbonyl (C=O) groups excluding carboxylic acids is 1. The summed E-state index contributed by atoms with van der Waals surface area (Å²) in [4.78, 5) is 30.6. The maximum atomic E-state index is 12.3. The van der Waals surface area contributed by atoms with Crippen molar-refractivity contribution in [3.05, 3.63) is 108 Å². The van der Waals surface area contributed by atoms with Crippen LogP contribution in [0.4, 0.5) is 0 Å². The molecule has 0 saturated carbocycles. The van der Waals surface area contributed by atoms with E-state index >= 15 is 0 Å². The lowest BCUT2D eigenvalue weighted by molar-refractivity contribution is -0.111. The number of fused-ring (bicyclic) bond motifs is 4. The van der Waals surface area contributed by atoms with Crippen LogP contribution in [0.2, 0.25) is 0 Å². The van der Waals surface area contributed by atoms with Gasteiger partial charge in [-0.3, -0.25) is 4.79 Å². The minimum Gasteiger partial charge on any atom is -0.289 e. The number of ketones is 1. The summed E-state index contributed by atoms with van der Waals surface area (Å²) in [6.07, 6.45) is 22.1. The highest BCUT2D eigenvalue weighted by Crippen LogP contribution is 2.25. The van der Waals surface area contributed by atoms with Crippen LogP contribution in [0.1, 0.15) is 0 Å². The lowest BCUT2D eigenvalue weighted by Gasteiger charge is -1.98. The topological polar surface area (TPSA) is 66.5 Å². The zero-order valence-corrected chi connectivity index (χ0v) is 14.8. The van der Waals surface area contributed by atoms with Crippen LogP contribution in [0.15, 0.2) is 128 Å². The minimum absolute atomic E-state index is 0.174. The van der Waals surface area contributed by atoms with Crippen molar-refractivity contribution in [2.75, 3.05) is 0 Å². The molecule has 5 nitrogen and oxygen atoms in total. The number of hydrogen-bond donors (Lipinski definition) is 0. The van der Waals surface area contributed by atoms with Gasteiger partial charge in [-0.05, 0) is 72.9 Å². The first-order valence-electron chi connectivity index (χ1n) is 8.81. The molecule has 0 amide bonds. The highest BCUT2D eigenvalue weighted by molar-refractivity contribution is 6.21. The van der Waals surface area contributed by atoms with E-state index in [0.717, 1.165) is 34.2 Å². The van der Waals surface area contributed by atoms with Crippen molar-refractivity contribution in [3.63, 3.8) is 0 Å². The Morgan fingerprint density at radius 3 is 1.68 bits per heavy atom. The molecule has 5 rings (SSSR count). The SMILES string of the molecule is C=CC(=O)C1=CC2=NC1=CC1=NC(=CC3=NC(=CC4=NC(=C2)C=C4)C=C3)C=C1. The molecule has 5 aliphatic heterocycles. The fraction of sp³-hybridized carbons (Fsp3) is 0. The summed E-state index contributed by atoms with van der Waals surface area (Å²) in [6, 6.07) is 0. The van der Waals surface area contributed by atoms with Crippen LogP contribution in [-0.2, 0) is 4.79 Å². The Balaban J connectivity index is 1.67. The zero-order chi connectivity index (χ0) is 19.1. The number of aliphatic imine (C=N–C) groups is 4. The van der Waals surface area contributed by atoms with Crippen molar-refractivity contribution in [1.29, 1.82) is 0 Å². The molecule has 0 aromatic carbocycles. The molecule has 0 radical (unpaired) electrons. The average Bonchev–Trinajstić information content (AvgIpc) is 3.45. The summed E-state index contributed by atoms with van der Waals surface area (Å²) >= 11 is 0. The predicted octanol–water partition coefficient (Wildman–Crippen LogP) is 3.70. The second-order valence-corrected chi connectivity index (χ2v) is 6.51. The molecule has 8 bridgehead atoms. The van der Waals surface area contributed by atoms with Crippen molar-refractivity contribution in [1.82, 2.24) is 0 Å². The Bertz CT molecular complexity index is 1210. The molecule has 5 aliphatic rings. The third-order valence-corrected chi connectivity index (χ3v) is 4.49. The molecule has 0 atom stereocenters. The van der Waals surface area contributed by atoms with E-state index in [9.17, 15) is 4.79 Å². The van der Waals surface area contributed by atoms with Crippen molar-refractivity contribution >= 4 is 28.6 Å². The average molecular weight is 362 g/mol. The lowest BCUT2D eigenvalue weighted by atomic mass is 10.1. The van der Waals surface area contributed by atoms with Crippen LogP contribution in [0, 0.1) is 0 Å². The first-order valence-corrected chi connectivity index (χ1v) is 8.81. The molecule has 5 heteroatoms. The molecule has 5 heterocycles. The summed E-state index contributed by atoms with van der Waals surface area (Å²) in [5.74, 6) is -0.174. The smallest absolute Gasteiger partial charge is 0.187 e. The second-order valence-electron chi connectivity index (χ2n) is 6.51. The highest BCUT2D eigenvalue weighted by atomic mass is 16.1. The summed E-state index contributed by atoms with van der Waals surface area (Å²) in [6.45, 7) is 3.59. The Morgan fingerprint density at radius 2 is 1.14 bits per heavy atom. The molecular weight excluding hydrogens is 348 g/mol. The number of carbonyl (C=O) groups is 1. The molecule has 0 unspecified atom stereocenters. The third kappa shape index (κ3) is 2.99. The van der Waals surface area contributed by atoms with Crippen LogP contribution in [0.5, 0.6) is 0 Å². The Morgan fingerprint density at radius 1 is 0.643 bits per heavy atom. The lowest BCUT2D eigenvalue weighted by Crippen LogP contribution is -1.99. The fourth-order valence-corrected chi connectivity index (χ4v) is 3.20. The Kier molecular flexibility index (Phi) is 3.66. The standard InChI is InChI=1S/C23H14N4O/c1-2-23(28)21-12-20-11-18-6-5-16(25-18)9-14-3-4-15(24-14)10-17-7-8-19(26-17)13-22(21)27-20/h2-13H,1H2. The van der Waals surface area contributed by atoms with Gasteiger partial charge in [0.05, 0.1) is 45.6 Å². The molecular formula is C23H14N4O. The van der Waals surface area contributed by atoms with Gasteiger partial charge in [0.1, 0.15) is 0 Å². The molecule has 0 aliphatic carbocycles. The summed E-state index contributed by atoms with van der Waals surface area (Å²) in [7, 11) is 0. The number of rotatable bonds is 2. The molecule has 0 spiro atoms. The number of nitrogens with zero attached hydrogens (tertiary/aromatic N) is 4. The summed E-state index contributed by atoms with van der Waals surface area (Å²) in [5, 5.41) is 0. The van der Waals surface area contributed by atoms with E-state index in [2.05, 4.69) is 26.5 Å².